The van der Waals surface area contributed by atoms with Crippen LogP contribution in [0.2, 0.25) is 0 Å². The third-order valence-corrected chi connectivity index (χ3v) is 2.14. The topological polar surface area (TPSA) is 66.6 Å². The second kappa shape index (κ2) is 4.16. The van der Waals surface area contributed by atoms with Gasteiger partial charge in [0.25, 0.3) is 5.91 Å². The van der Waals surface area contributed by atoms with E-state index in [0.29, 0.717) is 0 Å². The van der Waals surface area contributed by atoms with Crippen molar-refractivity contribution in [2.45, 2.75) is 6.92 Å². The van der Waals surface area contributed by atoms with Crippen LogP contribution in [-0.4, -0.2) is 20.5 Å². The Kier molecular flexibility index (Phi) is 2.70. The summed E-state index contributed by atoms with van der Waals surface area (Å²) >= 11 is 0. The molecular weight excluding hydrogens is 206 g/mol. The number of hydrogen-bond acceptors (Lipinski definition) is 3. The SMILES string of the molecule is Cc1cn2ccc(/C=C/C(=O)NO)cc2n1. The number of aryl methyl sites for hydroxylation is 1. The molecule has 0 aliphatic heterocycles. The van der Waals surface area contributed by atoms with E-state index in [0.717, 1.165) is 16.9 Å². The molecule has 0 unspecified atom stereocenters. The number of imidazole rings is 1. The molecule has 2 rings (SSSR count). The zero-order valence-electron chi connectivity index (χ0n) is 8.71. The van der Waals surface area contributed by atoms with Crippen molar-refractivity contribution in [3.8, 4) is 0 Å². The fraction of sp³-hybridized carbons (Fsp3) is 0.0909. The lowest BCUT2D eigenvalue weighted by Crippen LogP contribution is -2.14. The van der Waals surface area contributed by atoms with E-state index < -0.39 is 5.91 Å². The maximum absolute atomic E-state index is 10.8. The van der Waals surface area contributed by atoms with Crippen molar-refractivity contribution in [3.05, 3.63) is 41.9 Å². The Morgan fingerprint density at radius 3 is 3.19 bits per heavy atom. The Hall–Kier alpha value is -2.14. The molecule has 5 nitrogen and oxygen atoms in total. The number of amides is 1. The minimum absolute atomic E-state index is 0.556. The molecule has 0 aliphatic rings. The number of fused-ring (bicyclic) bond motifs is 1. The molecule has 2 N–H and O–H groups in total. The average Bonchev–Trinajstić information content (AvgIpc) is 2.65. The summed E-state index contributed by atoms with van der Waals surface area (Å²) in [5.41, 5.74) is 4.14. The first-order valence-corrected chi connectivity index (χ1v) is 4.76. The molecule has 2 aromatic rings. The summed E-state index contributed by atoms with van der Waals surface area (Å²) in [7, 11) is 0. The predicted octanol–water partition coefficient (Wildman–Crippen LogP) is 1.16. The van der Waals surface area contributed by atoms with E-state index in [1.807, 2.05) is 35.9 Å². The van der Waals surface area contributed by atoms with Gasteiger partial charge in [-0.2, -0.15) is 0 Å². The molecule has 0 aromatic carbocycles. The van der Waals surface area contributed by atoms with Crippen LogP contribution in [-0.2, 0) is 4.79 Å². The van der Waals surface area contributed by atoms with Gasteiger partial charge in [-0.15, -0.1) is 0 Å². The van der Waals surface area contributed by atoms with E-state index in [1.54, 1.807) is 6.08 Å². The van der Waals surface area contributed by atoms with Crippen molar-refractivity contribution in [3.63, 3.8) is 0 Å². The van der Waals surface area contributed by atoms with Crippen LogP contribution in [0.5, 0.6) is 0 Å². The molecule has 0 bridgehead atoms. The number of hydrogen-bond donors (Lipinski definition) is 2. The number of pyridine rings is 1. The average molecular weight is 217 g/mol. The van der Waals surface area contributed by atoms with E-state index in [9.17, 15) is 4.79 Å². The van der Waals surface area contributed by atoms with Crippen molar-refractivity contribution in [2.24, 2.45) is 0 Å². The molecule has 2 aromatic heterocycles. The van der Waals surface area contributed by atoms with Gasteiger partial charge in [-0.05, 0) is 30.7 Å². The van der Waals surface area contributed by atoms with E-state index >= 15 is 0 Å². The van der Waals surface area contributed by atoms with Crippen LogP contribution in [0.15, 0.2) is 30.6 Å². The largest absolute Gasteiger partial charge is 0.307 e. The van der Waals surface area contributed by atoms with Crippen LogP contribution in [0.25, 0.3) is 11.7 Å². The number of carbonyl (C=O) groups is 1. The standard InChI is InChI=1S/C11H11N3O2/c1-8-7-14-5-4-9(6-10(14)12-8)2-3-11(15)13-16/h2-7,16H,1H3,(H,13,15)/b3-2+. The lowest BCUT2D eigenvalue weighted by Gasteiger charge is -1.95. The van der Waals surface area contributed by atoms with Gasteiger partial charge in [-0.3, -0.25) is 10.0 Å². The summed E-state index contributed by atoms with van der Waals surface area (Å²) in [6.07, 6.45) is 6.65. The van der Waals surface area contributed by atoms with Crippen molar-refractivity contribution in [1.29, 1.82) is 0 Å². The van der Waals surface area contributed by atoms with E-state index in [4.69, 9.17) is 5.21 Å². The summed E-state index contributed by atoms with van der Waals surface area (Å²) in [4.78, 5) is 15.1. The molecular formula is C11H11N3O2. The molecule has 0 saturated carbocycles. The molecule has 0 atom stereocenters. The van der Waals surface area contributed by atoms with Gasteiger partial charge in [-0.25, -0.2) is 10.5 Å². The number of rotatable bonds is 2. The fourth-order valence-corrected chi connectivity index (χ4v) is 1.44. The van der Waals surface area contributed by atoms with Crippen molar-refractivity contribution in [1.82, 2.24) is 14.9 Å². The predicted molar refractivity (Wildman–Crippen MR) is 58.9 cm³/mol. The number of nitrogens with zero attached hydrogens (tertiary/aromatic N) is 2. The van der Waals surface area contributed by atoms with Gasteiger partial charge in [0.2, 0.25) is 0 Å². The Morgan fingerprint density at radius 2 is 2.44 bits per heavy atom. The van der Waals surface area contributed by atoms with Crippen LogP contribution in [0, 0.1) is 6.92 Å². The molecule has 0 fully saturated rings. The Labute approximate surface area is 92.0 Å². The first-order chi connectivity index (χ1) is 7.69. The molecule has 1 amide bonds. The number of carbonyl (C=O) groups excluding carboxylic acids is 1. The highest BCUT2D eigenvalue weighted by Gasteiger charge is 1.98. The lowest BCUT2D eigenvalue weighted by atomic mass is 10.2. The Morgan fingerprint density at radius 1 is 1.62 bits per heavy atom. The highest BCUT2D eigenvalue weighted by Crippen LogP contribution is 2.09. The van der Waals surface area contributed by atoms with Gasteiger partial charge in [0.1, 0.15) is 5.65 Å². The number of nitrogens with one attached hydrogen (secondary N) is 1. The fourth-order valence-electron chi connectivity index (χ4n) is 1.44. The van der Waals surface area contributed by atoms with Crippen LogP contribution < -0.4 is 5.48 Å². The quantitative estimate of drug-likeness (QED) is 0.450. The summed E-state index contributed by atoms with van der Waals surface area (Å²) in [5.74, 6) is -0.556. The smallest absolute Gasteiger partial charge is 0.267 e. The van der Waals surface area contributed by atoms with Gasteiger partial charge in [0.05, 0.1) is 5.69 Å². The molecule has 0 radical (unpaired) electrons. The van der Waals surface area contributed by atoms with Crippen molar-refractivity contribution in [2.75, 3.05) is 0 Å². The monoisotopic (exact) mass is 217 g/mol. The maximum Gasteiger partial charge on any atom is 0.267 e. The molecule has 2 heterocycles. The third kappa shape index (κ3) is 2.09. The highest BCUT2D eigenvalue weighted by molar-refractivity contribution is 5.90. The van der Waals surface area contributed by atoms with Gasteiger partial charge in [-0.1, -0.05) is 0 Å². The van der Waals surface area contributed by atoms with E-state index in [-0.39, 0.29) is 0 Å². The second-order valence-electron chi connectivity index (χ2n) is 3.42. The van der Waals surface area contributed by atoms with E-state index in [1.165, 1.54) is 11.6 Å². The van der Waals surface area contributed by atoms with Crippen molar-refractivity contribution >= 4 is 17.6 Å². The van der Waals surface area contributed by atoms with Crippen LogP contribution in [0.4, 0.5) is 0 Å². The minimum atomic E-state index is -0.556. The molecule has 82 valence electrons. The van der Waals surface area contributed by atoms with Gasteiger partial charge in [0.15, 0.2) is 0 Å². The van der Waals surface area contributed by atoms with Crippen molar-refractivity contribution < 1.29 is 10.0 Å². The number of hydroxylamine groups is 1. The van der Waals surface area contributed by atoms with Crippen LogP contribution in [0.3, 0.4) is 0 Å². The summed E-state index contributed by atoms with van der Waals surface area (Å²) in [6, 6.07) is 3.71. The second-order valence-corrected chi connectivity index (χ2v) is 3.42. The Bertz CT molecular complexity index is 557. The van der Waals surface area contributed by atoms with Gasteiger partial charge >= 0.3 is 0 Å². The van der Waals surface area contributed by atoms with E-state index in [2.05, 4.69) is 4.98 Å². The van der Waals surface area contributed by atoms with Crippen LogP contribution in [0.1, 0.15) is 11.3 Å². The summed E-state index contributed by atoms with van der Waals surface area (Å²) in [6.45, 7) is 1.92. The first-order valence-electron chi connectivity index (χ1n) is 4.76. The Balaban J connectivity index is 2.32. The molecule has 0 saturated heterocycles. The lowest BCUT2D eigenvalue weighted by molar-refractivity contribution is -0.124. The zero-order valence-corrected chi connectivity index (χ0v) is 8.71. The summed E-state index contributed by atoms with van der Waals surface area (Å²) < 4.78 is 1.90. The first kappa shape index (κ1) is 10.4. The number of aromatic nitrogens is 2. The minimum Gasteiger partial charge on any atom is -0.307 e. The van der Waals surface area contributed by atoms with Gasteiger partial charge < -0.3 is 4.40 Å². The van der Waals surface area contributed by atoms with Gasteiger partial charge in [0, 0.05) is 18.5 Å². The normalized spacial score (nSPS) is 11.1. The third-order valence-electron chi connectivity index (χ3n) is 2.14. The highest BCUT2D eigenvalue weighted by atomic mass is 16.5. The van der Waals surface area contributed by atoms with Crippen LogP contribution >= 0.6 is 0 Å². The zero-order chi connectivity index (χ0) is 11.5. The molecule has 16 heavy (non-hydrogen) atoms. The molecule has 5 heteroatoms. The summed E-state index contributed by atoms with van der Waals surface area (Å²) in [5, 5.41) is 8.32. The maximum atomic E-state index is 10.8. The molecule has 0 spiro atoms. The molecule has 0 aliphatic carbocycles.